The summed E-state index contributed by atoms with van der Waals surface area (Å²) in [6, 6.07) is 12.5. The van der Waals surface area contributed by atoms with Gasteiger partial charge in [0.05, 0.1) is 26.3 Å². The molecule has 9 nitrogen and oxygen atoms in total. The maximum absolute atomic E-state index is 13.2. The molecule has 0 atom stereocenters. The maximum Gasteiger partial charge on any atom is 0.332 e. The minimum absolute atomic E-state index is 0.128. The predicted molar refractivity (Wildman–Crippen MR) is 130 cm³/mol. The van der Waals surface area contributed by atoms with E-state index in [4.69, 9.17) is 9.47 Å². The van der Waals surface area contributed by atoms with Crippen LogP contribution in [0.25, 0.3) is 11.0 Å². The first-order chi connectivity index (χ1) is 16.5. The summed E-state index contributed by atoms with van der Waals surface area (Å²) in [7, 11) is 3.14. The van der Waals surface area contributed by atoms with E-state index in [1.54, 1.807) is 26.4 Å². The van der Waals surface area contributed by atoms with Gasteiger partial charge in [-0.1, -0.05) is 12.1 Å². The molecular formula is C24H24N4O5S. The van der Waals surface area contributed by atoms with Crippen LogP contribution >= 0.6 is 11.3 Å². The van der Waals surface area contributed by atoms with E-state index in [9.17, 15) is 14.4 Å². The van der Waals surface area contributed by atoms with Gasteiger partial charge >= 0.3 is 5.69 Å². The van der Waals surface area contributed by atoms with Gasteiger partial charge in [-0.2, -0.15) is 0 Å². The second-order valence-electron chi connectivity index (χ2n) is 7.50. The summed E-state index contributed by atoms with van der Waals surface area (Å²) >= 11 is 1.45. The minimum Gasteiger partial charge on any atom is -0.493 e. The van der Waals surface area contributed by atoms with Gasteiger partial charge in [-0.05, 0) is 47.7 Å². The fraction of sp³-hybridized carbons (Fsp3) is 0.250. The Bertz CT molecular complexity index is 1430. The molecule has 0 aliphatic rings. The lowest BCUT2D eigenvalue weighted by atomic mass is 10.1. The molecule has 3 aromatic heterocycles. The third-order valence-electron chi connectivity index (χ3n) is 5.37. The molecule has 0 aliphatic heterocycles. The Balaban J connectivity index is 1.53. The van der Waals surface area contributed by atoms with Crippen LogP contribution in [0.15, 0.2) is 63.6 Å². The van der Waals surface area contributed by atoms with E-state index in [2.05, 4.69) is 10.3 Å². The number of hydrogen-bond acceptors (Lipinski definition) is 7. The summed E-state index contributed by atoms with van der Waals surface area (Å²) < 4.78 is 13.0. The van der Waals surface area contributed by atoms with Crippen molar-refractivity contribution in [2.45, 2.75) is 19.5 Å². The summed E-state index contributed by atoms with van der Waals surface area (Å²) in [5, 5.41) is 4.72. The third kappa shape index (κ3) is 4.86. The molecule has 1 aromatic carbocycles. The number of fused-ring (bicyclic) bond motifs is 1. The van der Waals surface area contributed by atoms with Crippen molar-refractivity contribution in [1.82, 2.24) is 19.4 Å². The zero-order valence-corrected chi connectivity index (χ0v) is 19.6. The molecule has 4 rings (SSSR count). The standard InChI is InChI=1S/C24H24N4O5S/c1-32-19-8-7-16(13-20(19)33-2)9-11-25-21(29)15-27-18-6-3-10-26-22(18)23(30)28(24(27)31)14-17-5-4-12-34-17/h3-8,10,12-13H,9,11,14-15H2,1-2H3,(H,25,29). The number of ether oxygens (including phenoxy) is 2. The van der Waals surface area contributed by atoms with Crippen LogP contribution in [0.1, 0.15) is 10.4 Å². The van der Waals surface area contributed by atoms with Crippen molar-refractivity contribution in [2.24, 2.45) is 0 Å². The van der Waals surface area contributed by atoms with Crippen LogP contribution in [0, 0.1) is 0 Å². The minimum atomic E-state index is -0.547. The van der Waals surface area contributed by atoms with Crippen LogP contribution < -0.4 is 26.0 Å². The lowest BCUT2D eigenvalue weighted by molar-refractivity contribution is -0.121. The number of rotatable bonds is 9. The molecule has 10 heteroatoms. The van der Waals surface area contributed by atoms with Gasteiger partial charge in [0.15, 0.2) is 17.0 Å². The van der Waals surface area contributed by atoms with Crippen molar-refractivity contribution in [1.29, 1.82) is 0 Å². The van der Waals surface area contributed by atoms with E-state index < -0.39 is 11.2 Å². The first kappa shape index (κ1) is 23.2. The fourth-order valence-corrected chi connectivity index (χ4v) is 4.37. The number of benzene rings is 1. The number of aromatic nitrogens is 3. The van der Waals surface area contributed by atoms with Crippen LogP contribution in [-0.4, -0.2) is 40.8 Å². The molecule has 176 valence electrons. The van der Waals surface area contributed by atoms with E-state index in [1.165, 1.54) is 22.1 Å². The van der Waals surface area contributed by atoms with Gasteiger partial charge < -0.3 is 14.8 Å². The smallest absolute Gasteiger partial charge is 0.332 e. The number of amides is 1. The quantitative estimate of drug-likeness (QED) is 0.393. The Morgan fingerprint density at radius 3 is 2.62 bits per heavy atom. The van der Waals surface area contributed by atoms with Crippen molar-refractivity contribution >= 4 is 28.3 Å². The van der Waals surface area contributed by atoms with Crippen molar-refractivity contribution in [2.75, 3.05) is 20.8 Å². The summed E-state index contributed by atoms with van der Waals surface area (Å²) in [4.78, 5) is 43.8. The van der Waals surface area contributed by atoms with E-state index >= 15 is 0 Å². The van der Waals surface area contributed by atoms with Crippen LogP contribution in [-0.2, 0) is 24.3 Å². The molecule has 0 spiro atoms. The molecule has 0 aliphatic carbocycles. The lowest BCUT2D eigenvalue weighted by Crippen LogP contribution is -2.43. The van der Waals surface area contributed by atoms with Gasteiger partial charge in [0.1, 0.15) is 6.54 Å². The van der Waals surface area contributed by atoms with Crippen LogP contribution in [0.2, 0.25) is 0 Å². The maximum atomic E-state index is 13.2. The third-order valence-corrected chi connectivity index (χ3v) is 6.23. The number of nitrogens with one attached hydrogen (secondary N) is 1. The molecule has 0 saturated carbocycles. The molecule has 1 amide bonds. The zero-order chi connectivity index (χ0) is 24.1. The number of carbonyl (C=O) groups is 1. The summed E-state index contributed by atoms with van der Waals surface area (Å²) in [5.74, 6) is 0.909. The Morgan fingerprint density at radius 2 is 1.88 bits per heavy atom. The van der Waals surface area contributed by atoms with Crippen molar-refractivity contribution in [3.63, 3.8) is 0 Å². The van der Waals surface area contributed by atoms with Crippen molar-refractivity contribution < 1.29 is 14.3 Å². The highest BCUT2D eigenvalue weighted by Crippen LogP contribution is 2.27. The second kappa shape index (κ2) is 10.3. The summed E-state index contributed by atoms with van der Waals surface area (Å²) in [6.07, 6.45) is 2.07. The van der Waals surface area contributed by atoms with Gasteiger partial charge in [0, 0.05) is 17.6 Å². The van der Waals surface area contributed by atoms with E-state index in [0.29, 0.717) is 30.0 Å². The molecule has 34 heavy (non-hydrogen) atoms. The molecule has 1 N–H and O–H groups in total. The first-order valence-electron chi connectivity index (χ1n) is 10.6. The molecule has 0 saturated heterocycles. The monoisotopic (exact) mass is 480 g/mol. The summed E-state index contributed by atoms with van der Waals surface area (Å²) in [6.45, 7) is 0.272. The average Bonchev–Trinajstić information content (AvgIpc) is 3.37. The normalized spacial score (nSPS) is 10.9. The zero-order valence-electron chi connectivity index (χ0n) is 18.8. The van der Waals surface area contributed by atoms with Gasteiger partial charge in [-0.25, -0.2) is 9.78 Å². The highest BCUT2D eigenvalue weighted by Gasteiger charge is 2.16. The highest BCUT2D eigenvalue weighted by atomic mass is 32.1. The first-order valence-corrected chi connectivity index (χ1v) is 11.5. The SMILES string of the molecule is COc1ccc(CCNC(=O)Cn2c(=O)n(Cc3cccs3)c(=O)c3ncccc32)cc1OC. The van der Waals surface area contributed by atoms with Crippen LogP contribution in [0.3, 0.4) is 0 Å². The highest BCUT2D eigenvalue weighted by molar-refractivity contribution is 7.09. The number of methoxy groups -OCH3 is 2. The van der Waals surface area contributed by atoms with Gasteiger partial charge in [-0.3, -0.25) is 18.7 Å². The van der Waals surface area contributed by atoms with Crippen molar-refractivity contribution in [3.8, 4) is 11.5 Å². The number of nitrogens with zero attached hydrogens (tertiary/aromatic N) is 3. The van der Waals surface area contributed by atoms with E-state index in [1.807, 2.05) is 35.7 Å². The molecule has 4 aromatic rings. The molecule has 0 unspecified atom stereocenters. The van der Waals surface area contributed by atoms with Gasteiger partial charge in [-0.15, -0.1) is 11.3 Å². The molecular weight excluding hydrogens is 456 g/mol. The molecule has 0 radical (unpaired) electrons. The van der Waals surface area contributed by atoms with E-state index in [-0.39, 0.29) is 24.5 Å². The fourth-order valence-electron chi connectivity index (χ4n) is 3.68. The predicted octanol–water partition coefficient (Wildman–Crippen LogP) is 2.04. The molecule has 0 fully saturated rings. The Morgan fingerprint density at radius 1 is 1.06 bits per heavy atom. The van der Waals surface area contributed by atoms with Gasteiger partial charge in [0.25, 0.3) is 5.56 Å². The number of hydrogen-bond donors (Lipinski definition) is 1. The van der Waals surface area contributed by atoms with Crippen molar-refractivity contribution in [3.05, 3.63) is 85.3 Å². The summed E-state index contributed by atoms with van der Waals surface area (Å²) in [5.41, 5.74) is 0.425. The Kier molecular flexibility index (Phi) is 7.07. The number of pyridine rings is 1. The average molecular weight is 481 g/mol. The topological polar surface area (TPSA) is 104 Å². The second-order valence-corrected chi connectivity index (χ2v) is 8.53. The molecule has 0 bridgehead atoms. The van der Waals surface area contributed by atoms with E-state index in [0.717, 1.165) is 15.0 Å². The molecule has 3 heterocycles. The van der Waals surface area contributed by atoms with Gasteiger partial charge in [0.2, 0.25) is 5.91 Å². The number of carbonyl (C=O) groups excluding carboxylic acids is 1. The number of thiophene rings is 1. The lowest BCUT2D eigenvalue weighted by Gasteiger charge is -2.13. The Hall–Kier alpha value is -3.92. The van der Waals surface area contributed by atoms with Crippen LogP contribution in [0.5, 0.6) is 11.5 Å². The Labute approximate surface area is 199 Å². The largest absolute Gasteiger partial charge is 0.493 e. The van der Waals surface area contributed by atoms with Crippen LogP contribution in [0.4, 0.5) is 0 Å².